The van der Waals surface area contributed by atoms with E-state index in [1.165, 1.54) is 0 Å². The van der Waals surface area contributed by atoms with Crippen LogP contribution in [0.5, 0.6) is 6.01 Å². The van der Waals surface area contributed by atoms with Crippen LogP contribution < -0.4 is 15.0 Å². The Kier molecular flexibility index (Phi) is 6.67. The molecule has 7 nitrogen and oxygen atoms in total. The van der Waals surface area contributed by atoms with Crippen LogP contribution in [0.2, 0.25) is 5.02 Å². The topological polar surface area (TPSA) is 66.4 Å². The van der Waals surface area contributed by atoms with Crippen molar-refractivity contribution in [3.8, 4) is 17.3 Å². The highest BCUT2D eigenvalue weighted by Crippen LogP contribution is 2.43. The number of benzene rings is 2. The molecule has 0 saturated carbocycles. The lowest BCUT2D eigenvalue weighted by Crippen LogP contribution is -2.51. The van der Waals surface area contributed by atoms with E-state index in [9.17, 15) is 0 Å². The molecule has 218 valence electrons. The molecule has 4 saturated heterocycles. The number of fused-ring (bicyclic) bond motifs is 5. The summed E-state index contributed by atoms with van der Waals surface area (Å²) in [6.07, 6.45) is 8.27. The van der Waals surface area contributed by atoms with Gasteiger partial charge in [-0.15, -0.1) is 11.6 Å². The van der Waals surface area contributed by atoms with Crippen molar-refractivity contribution in [3.05, 3.63) is 53.4 Å². The number of hydrogen-bond acceptors (Lipinski definition) is 7. The average molecular weight is 608 g/mol. The molecule has 4 aliphatic heterocycles. The molecule has 8 rings (SSSR count). The van der Waals surface area contributed by atoms with Gasteiger partial charge < -0.3 is 15.0 Å². The van der Waals surface area contributed by atoms with E-state index < -0.39 is 5.82 Å². The van der Waals surface area contributed by atoms with E-state index in [1.54, 1.807) is 6.20 Å². The van der Waals surface area contributed by atoms with Gasteiger partial charge in [-0.05, 0) is 56.5 Å². The molecule has 0 aliphatic carbocycles. The van der Waals surface area contributed by atoms with Crippen LogP contribution in [0.15, 0.2) is 42.6 Å². The fraction of sp³-hybridized carbons (Fsp3) is 0.469. The summed E-state index contributed by atoms with van der Waals surface area (Å²) >= 11 is 12.9. The molecule has 2 aromatic heterocycles. The first-order valence-electron chi connectivity index (χ1n) is 15.0. The summed E-state index contributed by atoms with van der Waals surface area (Å²) in [6.45, 7) is 3.11. The second kappa shape index (κ2) is 10.4. The average Bonchev–Trinajstić information content (AvgIpc) is 3.68. The summed E-state index contributed by atoms with van der Waals surface area (Å²) < 4.78 is 23.1. The first-order chi connectivity index (χ1) is 20.5. The molecule has 4 aromatic rings. The van der Waals surface area contributed by atoms with Crippen LogP contribution >= 0.6 is 23.2 Å². The van der Waals surface area contributed by atoms with E-state index in [0.29, 0.717) is 52.4 Å². The minimum Gasteiger partial charge on any atom is -0.461 e. The number of anilines is 1. The number of pyridine rings is 1. The van der Waals surface area contributed by atoms with Crippen LogP contribution in [-0.2, 0) is 0 Å². The van der Waals surface area contributed by atoms with Gasteiger partial charge in [0.1, 0.15) is 23.6 Å². The van der Waals surface area contributed by atoms with Gasteiger partial charge in [0.25, 0.3) is 0 Å². The van der Waals surface area contributed by atoms with Crippen molar-refractivity contribution in [2.75, 3.05) is 37.0 Å². The molecule has 2 bridgehead atoms. The SMILES string of the molecule is Fc1c(-c2cccc3cccc(Cl)c23)ncc2c(N3C[C@H]4CC[C@@H](C3)N4)nc(OC[C@@]34CCCN3[C@@H](CCl)CC4)nc12. The lowest BCUT2D eigenvalue weighted by molar-refractivity contribution is 0.0896. The summed E-state index contributed by atoms with van der Waals surface area (Å²) in [7, 11) is 0. The van der Waals surface area contributed by atoms with Gasteiger partial charge in [0, 0.05) is 59.3 Å². The molecule has 10 heteroatoms. The predicted molar refractivity (Wildman–Crippen MR) is 165 cm³/mol. The maximum absolute atomic E-state index is 16.7. The first-order valence-corrected chi connectivity index (χ1v) is 15.9. The van der Waals surface area contributed by atoms with Crippen molar-refractivity contribution < 1.29 is 9.13 Å². The van der Waals surface area contributed by atoms with Gasteiger partial charge in [-0.3, -0.25) is 9.88 Å². The summed E-state index contributed by atoms with van der Waals surface area (Å²) in [4.78, 5) is 19.1. The number of rotatable bonds is 6. The second-order valence-corrected chi connectivity index (χ2v) is 13.1. The number of nitrogens with zero attached hydrogens (tertiary/aromatic N) is 5. The Morgan fingerprint density at radius 1 is 1.05 bits per heavy atom. The molecule has 0 unspecified atom stereocenters. The third kappa shape index (κ3) is 4.33. The first kappa shape index (κ1) is 26.8. The zero-order valence-corrected chi connectivity index (χ0v) is 24.8. The van der Waals surface area contributed by atoms with Gasteiger partial charge in [-0.2, -0.15) is 9.97 Å². The Balaban J connectivity index is 1.23. The fourth-order valence-corrected chi connectivity index (χ4v) is 8.56. The number of alkyl halides is 1. The van der Waals surface area contributed by atoms with Gasteiger partial charge >= 0.3 is 6.01 Å². The maximum atomic E-state index is 16.7. The van der Waals surface area contributed by atoms with Crippen LogP contribution in [0, 0.1) is 5.82 Å². The van der Waals surface area contributed by atoms with E-state index in [-0.39, 0.29) is 22.8 Å². The van der Waals surface area contributed by atoms with E-state index in [4.69, 9.17) is 37.9 Å². The number of ether oxygens (including phenoxy) is 1. The highest BCUT2D eigenvalue weighted by molar-refractivity contribution is 6.36. The van der Waals surface area contributed by atoms with Crippen molar-refractivity contribution in [2.24, 2.45) is 0 Å². The summed E-state index contributed by atoms with van der Waals surface area (Å²) in [5.41, 5.74) is 1.02. The third-order valence-corrected chi connectivity index (χ3v) is 10.6. The van der Waals surface area contributed by atoms with Crippen molar-refractivity contribution in [1.29, 1.82) is 0 Å². The van der Waals surface area contributed by atoms with Crippen LogP contribution in [0.4, 0.5) is 10.2 Å². The van der Waals surface area contributed by atoms with Gasteiger partial charge in [-0.25, -0.2) is 4.39 Å². The summed E-state index contributed by atoms with van der Waals surface area (Å²) in [6, 6.07) is 12.8. The van der Waals surface area contributed by atoms with Gasteiger partial charge in [0.2, 0.25) is 0 Å². The van der Waals surface area contributed by atoms with Crippen molar-refractivity contribution in [1.82, 2.24) is 25.2 Å². The molecule has 42 heavy (non-hydrogen) atoms. The number of aromatic nitrogens is 3. The largest absolute Gasteiger partial charge is 0.461 e. The predicted octanol–water partition coefficient (Wildman–Crippen LogP) is 6.19. The van der Waals surface area contributed by atoms with Crippen molar-refractivity contribution in [2.45, 2.75) is 62.2 Å². The molecule has 4 atom stereocenters. The van der Waals surface area contributed by atoms with Gasteiger partial charge in [-0.1, -0.05) is 41.9 Å². The van der Waals surface area contributed by atoms with Crippen molar-refractivity contribution >= 4 is 50.7 Å². The zero-order chi connectivity index (χ0) is 28.4. The Labute approximate surface area is 254 Å². The van der Waals surface area contributed by atoms with E-state index in [2.05, 4.69) is 20.1 Å². The maximum Gasteiger partial charge on any atom is 0.319 e. The van der Waals surface area contributed by atoms with E-state index >= 15 is 4.39 Å². The number of nitrogens with one attached hydrogen (secondary N) is 1. The lowest BCUT2D eigenvalue weighted by Gasteiger charge is -2.35. The lowest BCUT2D eigenvalue weighted by atomic mass is 9.95. The second-order valence-electron chi connectivity index (χ2n) is 12.4. The van der Waals surface area contributed by atoms with Crippen LogP contribution in [-0.4, -0.2) is 75.6 Å². The standard InChI is InChI=1S/C32H33Cl2FN6O/c33-14-22-10-12-32(11-3-13-41(22)32)18-42-31-38-29-24(30(39-31)40-16-20-8-9-21(17-40)37-20)15-36-28(27(29)35)23-6-1-4-19-5-2-7-25(34)26(19)23/h1-2,4-7,15,20-22,37H,3,8-14,16-18H2/t20-,21+,22-,32+/m1/s1. The monoisotopic (exact) mass is 606 g/mol. The number of hydrogen-bond donors (Lipinski definition) is 1. The molecule has 0 radical (unpaired) electrons. The normalized spacial score (nSPS) is 27.3. The fourth-order valence-electron chi connectivity index (χ4n) is 7.95. The minimum atomic E-state index is -0.491. The molecule has 2 aromatic carbocycles. The molecule has 1 N–H and O–H groups in total. The summed E-state index contributed by atoms with van der Waals surface area (Å²) in [5.74, 6) is 0.825. The Hall–Kier alpha value is -2.78. The molecular formula is C32H33Cl2FN6O. The van der Waals surface area contributed by atoms with E-state index in [1.807, 2.05) is 36.4 Å². The highest BCUT2D eigenvalue weighted by atomic mass is 35.5. The quantitative estimate of drug-likeness (QED) is 0.262. The molecule has 4 aliphatic rings. The Morgan fingerprint density at radius 2 is 1.86 bits per heavy atom. The van der Waals surface area contributed by atoms with Crippen LogP contribution in [0.1, 0.15) is 38.5 Å². The molecule has 4 fully saturated rings. The summed E-state index contributed by atoms with van der Waals surface area (Å²) in [5, 5.41) is 6.53. The van der Waals surface area contributed by atoms with Gasteiger partial charge in [0.05, 0.1) is 10.9 Å². The smallest absolute Gasteiger partial charge is 0.319 e. The molecule has 0 amide bonds. The minimum absolute atomic E-state index is 0.0617. The number of halogens is 3. The van der Waals surface area contributed by atoms with Gasteiger partial charge in [0.15, 0.2) is 5.82 Å². The highest BCUT2D eigenvalue weighted by Gasteiger charge is 2.49. The van der Waals surface area contributed by atoms with Crippen LogP contribution in [0.25, 0.3) is 32.9 Å². The Bertz CT molecular complexity index is 1670. The number of piperazine rings is 1. The molecule has 6 heterocycles. The third-order valence-electron chi connectivity index (χ3n) is 9.95. The zero-order valence-electron chi connectivity index (χ0n) is 23.3. The van der Waals surface area contributed by atoms with E-state index in [0.717, 1.165) is 68.9 Å². The molecular weight excluding hydrogens is 574 g/mol. The van der Waals surface area contributed by atoms with Crippen molar-refractivity contribution in [3.63, 3.8) is 0 Å². The Morgan fingerprint density at radius 3 is 2.67 bits per heavy atom. The van der Waals surface area contributed by atoms with Crippen LogP contribution in [0.3, 0.4) is 0 Å². The molecule has 0 spiro atoms.